The van der Waals surface area contributed by atoms with Crippen LogP contribution >= 0.6 is 10.7 Å². The normalized spacial score (nSPS) is 22.2. The fraction of sp³-hybridized carbons (Fsp3) is 0.500. The predicted molar refractivity (Wildman–Crippen MR) is 79.7 cm³/mol. The van der Waals surface area contributed by atoms with Crippen molar-refractivity contribution < 1.29 is 17.9 Å². The van der Waals surface area contributed by atoms with Gasteiger partial charge >= 0.3 is 0 Å². The lowest BCUT2D eigenvalue weighted by molar-refractivity contribution is -0.124. The van der Waals surface area contributed by atoms with Crippen molar-refractivity contribution in [2.24, 2.45) is 5.92 Å². The van der Waals surface area contributed by atoms with Crippen molar-refractivity contribution in [2.75, 3.05) is 13.2 Å². The van der Waals surface area contributed by atoms with Crippen molar-refractivity contribution in [3.63, 3.8) is 0 Å². The zero-order valence-corrected chi connectivity index (χ0v) is 13.3. The van der Waals surface area contributed by atoms with Gasteiger partial charge in [0.1, 0.15) is 0 Å². The Kier molecular flexibility index (Phi) is 5.24. The molecule has 0 radical (unpaired) electrons. The SMILES string of the molecule is CC1CC(C(=O)NCCc2ccc(S(=O)(=O)Cl)cc2)CO1. The van der Waals surface area contributed by atoms with E-state index in [1.807, 2.05) is 6.92 Å². The molecule has 5 nitrogen and oxygen atoms in total. The Hall–Kier alpha value is -1.11. The number of hydrogen-bond donors (Lipinski definition) is 1. The van der Waals surface area contributed by atoms with Crippen LogP contribution in [0, 0.1) is 5.92 Å². The summed E-state index contributed by atoms with van der Waals surface area (Å²) in [6.07, 6.45) is 1.54. The Morgan fingerprint density at radius 3 is 2.57 bits per heavy atom. The number of carbonyl (C=O) groups excluding carboxylic acids is 1. The number of rotatable bonds is 5. The first-order valence-electron chi connectivity index (χ1n) is 6.79. The van der Waals surface area contributed by atoms with Crippen molar-refractivity contribution in [3.05, 3.63) is 29.8 Å². The topological polar surface area (TPSA) is 72.5 Å². The maximum Gasteiger partial charge on any atom is 0.261 e. The highest BCUT2D eigenvalue weighted by molar-refractivity contribution is 8.13. The van der Waals surface area contributed by atoms with E-state index < -0.39 is 9.05 Å². The van der Waals surface area contributed by atoms with Gasteiger partial charge in [-0.05, 0) is 37.5 Å². The molecule has 2 atom stereocenters. The number of hydrogen-bond acceptors (Lipinski definition) is 4. The van der Waals surface area contributed by atoms with Crippen LogP contribution in [-0.2, 0) is 25.0 Å². The standard InChI is InChI=1S/C14H18ClNO4S/c1-10-8-12(9-20-10)14(17)16-7-6-11-2-4-13(5-3-11)21(15,18)19/h2-5,10,12H,6-9H2,1H3,(H,16,17). The van der Waals surface area contributed by atoms with Gasteiger partial charge in [-0.15, -0.1) is 0 Å². The quantitative estimate of drug-likeness (QED) is 0.833. The predicted octanol–water partition coefficient (Wildman–Crippen LogP) is 1.70. The molecule has 1 amide bonds. The first kappa shape index (κ1) is 16.3. The van der Waals surface area contributed by atoms with Gasteiger partial charge in [0.15, 0.2) is 0 Å². The lowest BCUT2D eigenvalue weighted by Gasteiger charge is -2.09. The molecule has 116 valence electrons. The van der Waals surface area contributed by atoms with Gasteiger partial charge in [-0.1, -0.05) is 12.1 Å². The summed E-state index contributed by atoms with van der Waals surface area (Å²) in [5.41, 5.74) is 0.940. The van der Waals surface area contributed by atoms with Crippen LogP contribution < -0.4 is 5.32 Å². The molecule has 2 unspecified atom stereocenters. The van der Waals surface area contributed by atoms with Gasteiger partial charge in [-0.2, -0.15) is 0 Å². The summed E-state index contributed by atoms with van der Waals surface area (Å²) in [5.74, 6) is -0.0527. The highest BCUT2D eigenvalue weighted by atomic mass is 35.7. The van der Waals surface area contributed by atoms with E-state index in [0.29, 0.717) is 19.6 Å². The molecule has 1 aliphatic heterocycles. The third-order valence-electron chi connectivity index (χ3n) is 3.49. The summed E-state index contributed by atoms with van der Waals surface area (Å²) in [5, 5.41) is 2.88. The molecule has 7 heteroatoms. The van der Waals surface area contributed by atoms with E-state index in [4.69, 9.17) is 15.4 Å². The Bertz CT molecular complexity index is 600. The largest absolute Gasteiger partial charge is 0.378 e. The molecular formula is C14H18ClNO4S. The Morgan fingerprint density at radius 1 is 1.38 bits per heavy atom. The fourth-order valence-electron chi connectivity index (χ4n) is 2.29. The summed E-state index contributed by atoms with van der Waals surface area (Å²) in [6, 6.07) is 6.32. The highest BCUT2D eigenvalue weighted by Crippen LogP contribution is 2.19. The van der Waals surface area contributed by atoms with Crippen molar-refractivity contribution in [3.8, 4) is 0 Å². The number of ether oxygens (including phenoxy) is 1. The number of carbonyl (C=O) groups is 1. The molecule has 1 fully saturated rings. The van der Waals surface area contributed by atoms with E-state index in [9.17, 15) is 13.2 Å². The Labute approximate surface area is 129 Å². The number of benzene rings is 1. The molecule has 1 N–H and O–H groups in total. The van der Waals surface area contributed by atoms with E-state index >= 15 is 0 Å². The lowest BCUT2D eigenvalue weighted by atomic mass is 10.1. The van der Waals surface area contributed by atoms with Crippen LogP contribution in [0.4, 0.5) is 0 Å². The van der Waals surface area contributed by atoms with Gasteiger partial charge in [0, 0.05) is 17.2 Å². The Balaban J connectivity index is 1.80. The monoisotopic (exact) mass is 331 g/mol. The summed E-state index contributed by atoms with van der Waals surface area (Å²) in [6.45, 7) is 2.95. The van der Waals surface area contributed by atoms with Gasteiger partial charge < -0.3 is 10.1 Å². The van der Waals surface area contributed by atoms with Gasteiger partial charge in [0.2, 0.25) is 5.91 Å². The van der Waals surface area contributed by atoms with Gasteiger partial charge in [-0.25, -0.2) is 8.42 Å². The van der Waals surface area contributed by atoms with Crippen LogP contribution in [0.15, 0.2) is 29.2 Å². The van der Waals surface area contributed by atoms with Crippen molar-refractivity contribution in [1.29, 1.82) is 0 Å². The van der Waals surface area contributed by atoms with E-state index in [1.165, 1.54) is 12.1 Å². The van der Waals surface area contributed by atoms with E-state index in [0.717, 1.165) is 12.0 Å². The average molecular weight is 332 g/mol. The van der Waals surface area contributed by atoms with Gasteiger partial charge in [0.25, 0.3) is 9.05 Å². The second-order valence-electron chi connectivity index (χ2n) is 5.20. The molecule has 0 bridgehead atoms. The van der Waals surface area contributed by atoms with E-state index in [-0.39, 0.29) is 22.8 Å². The maximum absolute atomic E-state index is 11.9. The van der Waals surface area contributed by atoms with Crippen LogP contribution in [0.3, 0.4) is 0 Å². The van der Waals surface area contributed by atoms with Crippen molar-refractivity contribution in [2.45, 2.75) is 30.8 Å². The molecule has 1 aromatic rings. The fourth-order valence-corrected chi connectivity index (χ4v) is 3.06. The molecular weight excluding hydrogens is 314 g/mol. The first-order chi connectivity index (χ1) is 9.86. The minimum Gasteiger partial charge on any atom is -0.378 e. The zero-order valence-electron chi connectivity index (χ0n) is 11.7. The molecule has 0 aromatic heterocycles. The van der Waals surface area contributed by atoms with Gasteiger partial charge in [0.05, 0.1) is 23.5 Å². The van der Waals surface area contributed by atoms with Crippen LogP contribution in [0.25, 0.3) is 0 Å². The van der Waals surface area contributed by atoms with E-state index in [2.05, 4.69) is 5.32 Å². The molecule has 21 heavy (non-hydrogen) atoms. The second-order valence-corrected chi connectivity index (χ2v) is 7.77. The van der Waals surface area contributed by atoms with Crippen LogP contribution in [0.2, 0.25) is 0 Å². The van der Waals surface area contributed by atoms with Crippen LogP contribution in [-0.4, -0.2) is 33.6 Å². The average Bonchev–Trinajstić information content (AvgIpc) is 2.85. The zero-order chi connectivity index (χ0) is 15.5. The first-order valence-corrected chi connectivity index (χ1v) is 9.10. The molecule has 2 rings (SSSR count). The third-order valence-corrected chi connectivity index (χ3v) is 4.86. The Morgan fingerprint density at radius 2 is 2.05 bits per heavy atom. The lowest BCUT2D eigenvalue weighted by Crippen LogP contribution is -2.32. The smallest absolute Gasteiger partial charge is 0.261 e. The summed E-state index contributed by atoms with van der Waals surface area (Å²) < 4.78 is 27.6. The molecule has 0 saturated carbocycles. The third kappa shape index (κ3) is 4.69. The molecule has 1 aromatic carbocycles. The molecule has 0 spiro atoms. The summed E-state index contributed by atoms with van der Waals surface area (Å²) in [7, 11) is 1.56. The number of halogens is 1. The van der Waals surface area contributed by atoms with E-state index in [1.54, 1.807) is 12.1 Å². The minimum absolute atomic E-state index is 0.0132. The summed E-state index contributed by atoms with van der Waals surface area (Å²) in [4.78, 5) is 12.0. The molecule has 1 heterocycles. The minimum atomic E-state index is -3.68. The molecule has 0 aliphatic carbocycles. The maximum atomic E-state index is 11.9. The van der Waals surface area contributed by atoms with Crippen molar-refractivity contribution >= 4 is 25.6 Å². The number of nitrogens with one attached hydrogen (secondary N) is 1. The highest BCUT2D eigenvalue weighted by Gasteiger charge is 2.27. The number of amides is 1. The second kappa shape index (κ2) is 6.77. The van der Waals surface area contributed by atoms with Crippen LogP contribution in [0.5, 0.6) is 0 Å². The van der Waals surface area contributed by atoms with Crippen LogP contribution in [0.1, 0.15) is 18.9 Å². The van der Waals surface area contributed by atoms with Gasteiger partial charge in [-0.3, -0.25) is 4.79 Å². The molecule has 1 aliphatic rings. The summed E-state index contributed by atoms with van der Waals surface area (Å²) >= 11 is 0. The molecule has 1 saturated heterocycles. The van der Waals surface area contributed by atoms with Crippen molar-refractivity contribution in [1.82, 2.24) is 5.32 Å².